The molecule has 2 rings (SSSR count). The van der Waals surface area contributed by atoms with Crippen molar-refractivity contribution in [2.24, 2.45) is 0 Å². The van der Waals surface area contributed by atoms with Gasteiger partial charge in [-0.05, 0) is 49.1 Å². The second-order valence-electron chi connectivity index (χ2n) is 5.48. The number of sulfonamides is 1. The number of carbonyl (C=O) groups excluding carboxylic acids is 1. The smallest absolute Gasteiger partial charge is 0.245 e. The van der Waals surface area contributed by atoms with E-state index in [9.17, 15) is 13.2 Å². The lowest BCUT2D eigenvalue weighted by Gasteiger charge is -2.22. The molecule has 1 amide bonds. The van der Waals surface area contributed by atoms with Crippen molar-refractivity contribution in [3.05, 3.63) is 53.1 Å². The van der Waals surface area contributed by atoms with E-state index < -0.39 is 15.9 Å². The number of rotatable bonds is 6. The minimum Gasteiger partial charge on any atom is -0.324 e. The molecule has 134 valence electrons. The largest absolute Gasteiger partial charge is 0.324 e. The molecule has 1 N–H and O–H groups in total. The minimum absolute atomic E-state index is 0.317. The van der Waals surface area contributed by atoms with Crippen LogP contribution < -0.4 is 9.62 Å². The molecule has 0 bridgehead atoms. The second-order valence-corrected chi connectivity index (χ2v) is 8.70. The summed E-state index contributed by atoms with van der Waals surface area (Å²) in [6, 6.07) is 12.2. The van der Waals surface area contributed by atoms with Crippen molar-refractivity contribution in [2.45, 2.75) is 11.8 Å². The number of anilines is 2. The topological polar surface area (TPSA) is 66.5 Å². The highest BCUT2D eigenvalue weighted by atomic mass is 35.5. The maximum absolute atomic E-state index is 12.4. The van der Waals surface area contributed by atoms with Crippen LogP contribution in [0.1, 0.15) is 5.56 Å². The number of benzene rings is 2. The lowest BCUT2D eigenvalue weighted by atomic mass is 10.2. The van der Waals surface area contributed by atoms with Crippen molar-refractivity contribution < 1.29 is 13.2 Å². The first kappa shape index (κ1) is 19.6. The number of amides is 1. The highest BCUT2D eigenvalue weighted by molar-refractivity contribution is 7.98. The molecule has 0 fully saturated rings. The molecule has 8 heteroatoms. The Morgan fingerprint density at radius 1 is 1.24 bits per heavy atom. The molecule has 0 aliphatic heterocycles. The molecule has 0 aromatic heterocycles. The van der Waals surface area contributed by atoms with Gasteiger partial charge in [0.15, 0.2) is 0 Å². The van der Waals surface area contributed by atoms with Gasteiger partial charge in [0.25, 0.3) is 0 Å². The van der Waals surface area contributed by atoms with Crippen LogP contribution in [-0.4, -0.2) is 33.4 Å². The summed E-state index contributed by atoms with van der Waals surface area (Å²) in [6.07, 6.45) is 2.98. The van der Waals surface area contributed by atoms with Gasteiger partial charge in [-0.3, -0.25) is 9.10 Å². The number of halogens is 1. The standard InChI is InChI=1S/C17H19ClN2O3S2/c1-12-7-8-13(18)9-16(12)19-17(21)11-20(25(3,22)23)14-5-4-6-15(10-14)24-2/h4-10H,11H2,1-3H3,(H,19,21). The van der Waals surface area contributed by atoms with Crippen LogP contribution in [-0.2, 0) is 14.8 Å². The molecule has 0 saturated heterocycles. The predicted molar refractivity (Wildman–Crippen MR) is 105 cm³/mol. The number of thioether (sulfide) groups is 1. The van der Waals surface area contributed by atoms with E-state index in [4.69, 9.17) is 11.6 Å². The average molecular weight is 399 g/mol. The Labute approximate surface area is 157 Å². The Hall–Kier alpha value is -1.70. The van der Waals surface area contributed by atoms with Crippen LogP contribution in [0, 0.1) is 6.92 Å². The fourth-order valence-electron chi connectivity index (χ4n) is 2.21. The Morgan fingerprint density at radius 2 is 1.96 bits per heavy atom. The summed E-state index contributed by atoms with van der Waals surface area (Å²) in [7, 11) is -3.61. The molecule has 2 aromatic rings. The highest BCUT2D eigenvalue weighted by Crippen LogP contribution is 2.24. The van der Waals surface area contributed by atoms with Crippen molar-refractivity contribution in [3.8, 4) is 0 Å². The third-order valence-corrected chi connectivity index (χ3v) is 5.60. The normalized spacial score (nSPS) is 11.2. The van der Waals surface area contributed by atoms with E-state index in [-0.39, 0.29) is 6.54 Å². The first-order chi connectivity index (χ1) is 11.7. The van der Waals surface area contributed by atoms with Gasteiger partial charge in [-0.25, -0.2) is 8.42 Å². The van der Waals surface area contributed by atoms with Gasteiger partial charge in [0.05, 0.1) is 11.9 Å². The van der Waals surface area contributed by atoms with E-state index in [0.29, 0.717) is 16.4 Å². The van der Waals surface area contributed by atoms with Crippen LogP contribution in [0.25, 0.3) is 0 Å². The zero-order valence-corrected chi connectivity index (χ0v) is 16.5. The highest BCUT2D eigenvalue weighted by Gasteiger charge is 2.21. The van der Waals surface area contributed by atoms with Crippen molar-refractivity contribution >= 4 is 50.7 Å². The van der Waals surface area contributed by atoms with Gasteiger partial charge in [-0.15, -0.1) is 11.8 Å². The van der Waals surface area contributed by atoms with E-state index in [1.165, 1.54) is 11.8 Å². The number of nitrogens with one attached hydrogen (secondary N) is 1. The molecule has 0 atom stereocenters. The molecule has 0 heterocycles. The number of hydrogen-bond donors (Lipinski definition) is 1. The van der Waals surface area contributed by atoms with Crippen LogP contribution in [0.4, 0.5) is 11.4 Å². The Balaban J connectivity index is 2.25. The molecule has 0 unspecified atom stereocenters. The maximum Gasteiger partial charge on any atom is 0.245 e. The first-order valence-electron chi connectivity index (χ1n) is 7.38. The zero-order chi connectivity index (χ0) is 18.6. The second kappa shape index (κ2) is 8.12. The number of hydrogen-bond acceptors (Lipinski definition) is 4. The Kier molecular flexibility index (Phi) is 6.37. The summed E-state index contributed by atoms with van der Waals surface area (Å²) >= 11 is 7.45. The molecule has 2 aromatic carbocycles. The fourth-order valence-corrected chi connectivity index (χ4v) is 3.69. The third kappa shape index (κ3) is 5.39. The molecular formula is C17H19ClN2O3S2. The molecule has 0 radical (unpaired) electrons. The van der Waals surface area contributed by atoms with E-state index in [1.54, 1.807) is 36.4 Å². The van der Waals surface area contributed by atoms with Gasteiger partial charge in [0, 0.05) is 15.6 Å². The van der Waals surface area contributed by atoms with Crippen LogP contribution in [0.5, 0.6) is 0 Å². The molecule has 0 saturated carbocycles. The van der Waals surface area contributed by atoms with Crippen molar-refractivity contribution in [3.63, 3.8) is 0 Å². The van der Waals surface area contributed by atoms with Crippen molar-refractivity contribution in [2.75, 3.05) is 28.7 Å². The third-order valence-electron chi connectivity index (χ3n) is 3.50. The van der Waals surface area contributed by atoms with E-state index in [1.807, 2.05) is 19.2 Å². The van der Waals surface area contributed by atoms with E-state index >= 15 is 0 Å². The predicted octanol–water partition coefficient (Wildman–Crippen LogP) is 3.78. The minimum atomic E-state index is -3.61. The van der Waals surface area contributed by atoms with Crippen LogP contribution in [0.15, 0.2) is 47.4 Å². The number of carbonyl (C=O) groups is 1. The first-order valence-corrected chi connectivity index (χ1v) is 10.8. The van der Waals surface area contributed by atoms with Crippen molar-refractivity contribution in [1.82, 2.24) is 0 Å². The molecule has 0 aliphatic rings. The summed E-state index contributed by atoms with van der Waals surface area (Å²) in [5, 5.41) is 3.21. The van der Waals surface area contributed by atoms with Crippen LogP contribution >= 0.6 is 23.4 Å². The molecule has 0 spiro atoms. The lowest BCUT2D eigenvalue weighted by Crippen LogP contribution is -2.37. The van der Waals surface area contributed by atoms with Crippen molar-refractivity contribution in [1.29, 1.82) is 0 Å². The summed E-state index contributed by atoms with van der Waals surface area (Å²) < 4.78 is 25.4. The molecule has 5 nitrogen and oxygen atoms in total. The van der Waals surface area contributed by atoms with E-state index in [0.717, 1.165) is 21.0 Å². The number of nitrogens with zero attached hydrogens (tertiary/aromatic N) is 1. The zero-order valence-electron chi connectivity index (χ0n) is 14.1. The Bertz CT molecular complexity index is 885. The average Bonchev–Trinajstić information content (AvgIpc) is 2.55. The van der Waals surface area contributed by atoms with Gasteiger partial charge in [-0.1, -0.05) is 23.7 Å². The summed E-state index contributed by atoms with van der Waals surface area (Å²) in [4.78, 5) is 13.3. The van der Waals surface area contributed by atoms with Gasteiger partial charge < -0.3 is 5.32 Å². The SMILES string of the molecule is CSc1cccc(N(CC(=O)Nc2cc(Cl)ccc2C)S(C)(=O)=O)c1. The van der Waals surface area contributed by atoms with Crippen LogP contribution in [0.2, 0.25) is 5.02 Å². The van der Waals surface area contributed by atoms with E-state index in [2.05, 4.69) is 5.32 Å². The monoisotopic (exact) mass is 398 g/mol. The quantitative estimate of drug-likeness (QED) is 0.752. The lowest BCUT2D eigenvalue weighted by molar-refractivity contribution is -0.114. The van der Waals surface area contributed by atoms with Crippen LogP contribution in [0.3, 0.4) is 0 Å². The Morgan fingerprint density at radius 3 is 2.60 bits per heavy atom. The maximum atomic E-state index is 12.4. The molecule has 0 aliphatic carbocycles. The van der Waals surface area contributed by atoms with Gasteiger partial charge >= 0.3 is 0 Å². The van der Waals surface area contributed by atoms with Gasteiger partial charge in [-0.2, -0.15) is 0 Å². The summed E-state index contributed by atoms with van der Waals surface area (Å²) in [5.74, 6) is -0.439. The summed E-state index contributed by atoms with van der Waals surface area (Å²) in [5.41, 5.74) is 1.85. The molecule has 25 heavy (non-hydrogen) atoms. The summed E-state index contributed by atoms with van der Waals surface area (Å²) in [6.45, 7) is 1.52. The van der Waals surface area contributed by atoms with Gasteiger partial charge in [0.2, 0.25) is 15.9 Å². The fraction of sp³-hybridized carbons (Fsp3) is 0.235. The van der Waals surface area contributed by atoms with Gasteiger partial charge in [0.1, 0.15) is 6.54 Å². The number of aryl methyl sites for hydroxylation is 1. The molecular weight excluding hydrogens is 380 g/mol.